The zero-order valence-electron chi connectivity index (χ0n) is 24.6. The lowest BCUT2D eigenvalue weighted by Crippen LogP contribution is -2.37. The lowest BCUT2D eigenvalue weighted by atomic mass is 10.0. The smallest absolute Gasteiger partial charge is 0.221 e. The van der Waals surface area contributed by atoms with Crippen molar-refractivity contribution in [2.45, 2.75) is 45.4 Å². The first-order valence-electron chi connectivity index (χ1n) is 14.6. The topological polar surface area (TPSA) is 227 Å². The summed E-state index contributed by atoms with van der Waals surface area (Å²) in [4.78, 5) is 52.6. The number of nitrogens with two attached hydrogens (primary N) is 4. The molecule has 0 unspecified atom stereocenters. The van der Waals surface area contributed by atoms with Crippen molar-refractivity contribution in [2.24, 2.45) is 28.9 Å². The van der Waals surface area contributed by atoms with Crippen LogP contribution in [-0.2, 0) is 19.2 Å². The number of carbonyl (C=O) groups is 4. The SMILES string of the molecule is CC(CCN(CCC(=O)NCCN)CCC(=O)NCCN)CCN(CCC(=O)NCCN)CCC(=O)NCCN. The molecule has 0 spiro atoms. The molecule has 0 aromatic rings. The van der Waals surface area contributed by atoms with Crippen molar-refractivity contribution in [2.75, 3.05) is 91.6 Å². The third-order valence-electron chi connectivity index (χ3n) is 6.36. The van der Waals surface area contributed by atoms with Crippen molar-refractivity contribution in [3.8, 4) is 0 Å². The third kappa shape index (κ3) is 22.5. The first-order chi connectivity index (χ1) is 19.2. The van der Waals surface area contributed by atoms with E-state index in [4.69, 9.17) is 22.9 Å². The Hall–Kier alpha value is -2.36. The van der Waals surface area contributed by atoms with Crippen molar-refractivity contribution in [1.82, 2.24) is 31.1 Å². The quantitative estimate of drug-likeness (QED) is 0.0519. The Morgan fingerprint density at radius 1 is 0.500 bits per heavy atom. The van der Waals surface area contributed by atoms with Crippen LogP contribution in [0.3, 0.4) is 0 Å². The molecule has 4 amide bonds. The molecule has 0 rings (SSSR count). The van der Waals surface area contributed by atoms with Crippen molar-refractivity contribution >= 4 is 23.6 Å². The average molecular weight is 573 g/mol. The molecule has 0 bridgehead atoms. The largest absolute Gasteiger partial charge is 0.355 e. The van der Waals surface area contributed by atoms with E-state index in [-0.39, 0.29) is 23.6 Å². The molecule has 0 radical (unpaired) electrons. The molecule has 12 N–H and O–H groups in total. The Kier molecular flexibility index (Phi) is 24.1. The van der Waals surface area contributed by atoms with E-state index in [9.17, 15) is 19.2 Å². The van der Waals surface area contributed by atoms with Gasteiger partial charge >= 0.3 is 0 Å². The van der Waals surface area contributed by atoms with Crippen molar-refractivity contribution < 1.29 is 19.2 Å². The van der Waals surface area contributed by atoms with Gasteiger partial charge in [0, 0.05) is 104 Å². The second-order valence-electron chi connectivity index (χ2n) is 9.92. The van der Waals surface area contributed by atoms with Gasteiger partial charge in [-0.3, -0.25) is 19.2 Å². The van der Waals surface area contributed by atoms with Gasteiger partial charge < -0.3 is 54.0 Å². The standard InChI is InChI=1S/C26H56N10O4/c1-22(2-16-35(18-4-23(37)31-12-8-27)19-5-24(38)32-13-9-28)3-17-36(20-6-25(39)33-14-10-29)21-7-26(40)34-15-11-30/h22H,2-21,27-30H2,1H3,(H,31,37)(H,32,38)(H,33,39)(H,34,40). The van der Waals surface area contributed by atoms with E-state index in [1.54, 1.807) is 0 Å². The van der Waals surface area contributed by atoms with Gasteiger partial charge in [0.2, 0.25) is 23.6 Å². The molecule has 14 heteroatoms. The highest BCUT2D eigenvalue weighted by molar-refractivity contribution is 5.77. The summed E-state index contributed by atoms with van der Waals surface area (Å²) in [6.45, 7) is 9.20. The highest BCUT2D eigenvalue weighted by Crippen LogP contribution is 2.11. The first-order valence-corrected chi connectivity index (χ1v) is 14.6. The van der Waals surface area contributed by atoms with Gasteiger partial charge in [-0.05, 0) is 31.8 Å². The van der Waals surface area contributed by atoms with Gasteiger partial charge in [-0.15, -0.1) is 0 Å². The number of nitrogens with zero attached hydrogens (tertiary/aromatic N) is 2. The molecule has 0 aliphatic heterocycles. The lowest BCUT2D eigenvalue weighted by Gasteiger charge is -2.26. The molecule has 0 aromatic carbocycles. The molecule has 0 saturated heterocycles. The van der Waals surface area contributed by atoms with Gasteiger partial charge in [0.05, 0.1) is 0 Å². The van der Waals surface area contributed by atoms with Crippen LogP contribution in [0.4, 0.5) is 0 Å². The van der Waals surface area contributed by atoms with Crippen molar-refractivity contribution in [1.29, 1.82) is 0 Å². The van der Waals surface area contributed by atoms with E-state index in [1.165, 1.54) is 0 Å². The summed E-state index contributed by atoms with van der Waals surface area (Å²) in [5.74, 6) is 0.130. The molecule has 0 fully saturated rings. The molecular weight excluding hydrogens is 516 g/mol. The number of rotatable bonds is 26. The lowest BCUT2D eigenvalue weighted by molar-refractivity contribution is -0.123. The molecule has 0 heterocycles. The van der Waals surface area contributed by atoms with Crippen LogP contribution in [0, 0.1) is 5.92 Å². The molecule has 0 saturated carbocycles. The third-order valence-corrected chi connectivity index (χ3v) is 6.36. The van der Waals surface area contributed by atoms with Crippen LogP contribution in [0.25, 0.3) is 0 Å². The maximum absolute atomic E-state index is 12.1. The molecule has 0 aliphatic rings. The fourth-order valence-electron chi connectivity index (χ4n) is 3.86. The maximum Gasteiger partial charge on any atom is 0.221 e. The highest BCUT2D eigenvalue weighted by Gasteiger charge is 2.15. The van der Waals surface area contributed by atoms with E-state index in [1.807, 2.05) is 0 Å². The minimum absolute atomic E-state index is 0.0577. The maximum atomic E-state index is 12.1. The Morgan fingerprint density at radius 2 is 0.750 bits per heavy atom. The van der Waals surface area contributed by atoms with E-state index in [0.717, 1.165) is 25.9 Å². The number of hydrogen-bond acceptors (Lipinski definition) is 10. The van der Waals surface area contributed by atoms with Crippen molar-refractivity contribution in [3.63, 3.8) is 0 Å². The van der Waals surface area contributed by atoms with E-state index < -0.39 is 0 Å². The Morgan fingerprint density at radius 3 is 0.975 bits per heavy atom. The van der Waals surface area contributed by atoms with Crippen molar-refractivity contribution in [3.05, 3.63) is 0 Å². The zero-order chi connectivity index (χ0) is 30.0. The second kappa shape index (κ2) is 25.6. The highest BCUT2D eigenvalue weighted by atomic mass is 16.2. The number of hydrogen-bond donors (Lipinski definition) is 8. The summed E-state index contributed by atoms with van der Waals surface area (Å²) in [7, 11) is 0. The minimum Gasteiger partial charge on any atom is -0.355 e. The predicted octanol–water partition coefficient (Wildman–Crippen LogP) is -3.13. The molecule has 14 nitrogen and oxygen atoms in total. The van der Waals surface area contributed by atoms with E-state index in [0.29, 0.717) is 110 Å². The van der Waals surface area contributed by atoms with E-state index in [2.05, 4.69) is 38.0 Å². The van der Waals surface area contributed by atoms with Gasteiger partial charge in [-0.2, -0.15) is 0 Å². The summed E-state index contributed by atoms with van der Waals surface area (Å²) in [6, 6.07) is 0. The molecular formula is C26H56N10O4. The Labute approximate surface area is 240 Å². The van der Waals surface area contributed by atoms with Crippen LogP contribution >= 0.6 is 0 Å². The van der Waals surface area contributed by atoms with Gasteiger partial charge in [0.1, 0.15) is 0 Å². The Bertz CT molecular complexity index is 594. The fraction of sp³-hybridized carbons (Fsp3) is 0.846. The summed E-state index contributed by atoms with van der Waals surface area (Å²) in [5, 5.41) is 11.1. The van der Waals surface area contributed by atoms with Crippen LogP contribution in [0.1, 0.15) is 45.4 Å². The van der Waals surface area contributed by atoms with Crippen LogP contribution < -0.4 is 44.2 Å². The normalized spacial score (nSPS) is 11.2. The second-order valence-corrected chi connectivity index (χ2v) is 9.92. The van der Waals surface area contributed by atoms with Gasteiger partial charge in [-0.25, -0.2) is 0 Å². The summed E-state index contributed by atoms with van der Waals surface area (Å²) < 4.78 is 0. The molecule has 40 heavy (non-hydrogen) atoms. The number of nitrogens with one attached hydrogen (secondary N) is 4. The summed E-state index contributed by atoms with van der Waals surface area (Å²) >= 11 is 0. The van der Waals surface area contributed by atoms with Crippen LogP contribution in [0.2, 0.25) is 0 Å². The van der Waals surface area contributed by atoms with Crippen LogP contribution in [0.5, 0.6) is 0 Å². The van der Waals surface area contributed by atoms with Crippen LogP contribution in [-0.4, -0.2) is 125 Å². The number of amides is 4. The summed E-state index contributed by atoms with van der Waals surface area (Å²) in [5.41, 5.74) is 21.8. The van der Waals surface area contributed by atoms with E-state index >= 15 is 0 Å². The Balaban J connectivity index is 4.86. The summed E-state index contributed by atoms with van der Waals surface area (Å²) in [6.07, 6.45) is 3.12. The fourth-order valence-corrected chi connectivity index (χ4v) is 3.86. The first kappa shape index (κ1) is 37.6. The molecule has 0 aliphatic carbocycles. The predicted molar refractivity (Wildman–Crippen MR) is 158 cm³/mol. The molecule has 234 valence electrons. The minimum atomic E-state index is -0.0577. The van der Waals surface area contributed by atoms with Gasteiger partial charge in [0.15, 0.2) is 0 Å². The molecule has 0 atom stereocenters. The van der Waals surface area contributed by atoms with Gasteiger partial charge in [-0.1, -0.05) is 6.92 Å². The number of carbonyl (C=O) groups excluding carboxylic acids is 4. The van der Waals surface area contributed by atoms with Crippen LogP contribution in [0.15, 0.2) is 0 Å². The van der Waals surface area contributed by atoms with Gasteiger partial charge in [0.25, 0.3) is 0 Å². The zero-order valence-corrected chi connectivity index (χ0v) is 24.6. The monoisotopic (exact) mass is 572 g/mol. The molecule has 0 aromatic heterocycles. The average Bonchev–Trinajstić information content (AvgIpc) is 2.95.